The van der Waals surface area contributed by atoms with Crippen molar-refractivity contribution in [1.29, 1.82) is 0 Å². The number of hydrogen-bond donors (Lipinski definition) is 0. The molecule has 0 saturated heterocycles. The second kappa shape index (κ2) is 7.85. The molecule has 0 spiro atoms. The maximum Gasteiger partial charge on any atom is 0.163 e. The first-order chi connectivity index (χ1) is 7.77. The summed E-state index contributed by atoms with van der Waals surface area (Å²) in [6, 6.07) is 7.31. The summed E-state index contributed by atoms with van der Waals surface area (Å²) in [5, 5.41) is 1.64. The number of ketones is 1. The summed E-state index contributed by atoms with van der Waals surface area (Å²) in [5.74, 6) is 0.972. The van der Waals surface area contributed by atoms with Gasteiger partial charge in [0.15, 0.2) is 5.78 Å². The molecule has 0 saturated carbocycles. The zero-order valence-corrected chi connectivity index (χ0v) is 12.1. The smallest absolute Gasteiger partial charge is 0.163 e. The third-order valence-electron chi connectivity index (χ3n) is 2.04. The molecule has 0 bridgehead atoms. The largest absolute Gasteiger partial charge is 0.494 e. The lowest BCUT2D eigenvalue weighted by atomic mass is 10.1. The van der Waals surface area contributed by atoms with Gasteiger partial charge in [0, 0.05) is 22.6 Å². The van der Waals surface area contributed by atoms with E-state index in [0.717, 1.165) is 23.1 Å². The summed E-state index contributed by atoms with van der Waals surface area (Å²) in [6.45, 7) is 0.694. The molecule has 0 N–H and O–H groups in total. The first-order valence-corrected chi connectivity index (χ1v) is 7.40. The Hall–Kier alpha value is -0.350. The van der Waals surface area contributed by atoms with Gasteiger partial charge in [-0.25, -0.2) is 0 Å². The molecule has 0 unspecified atom stereocenters. The minimum absolute atomic E-state index is 0.156. The molecular formula is C12H14Br2O2. The lowest BCUT2D eigenvalue weighted by Gasteiger charge is -2.05. The Labute approximate surface area is 113 Å². The van der Waals surface area contributed by atoms with Crippen LogP contribution in [-0.2, 0) is 0 Å². The average Bonchev–Trinajstić information content (AvgIpc) is 2.30. The van der Waals surface area contributed by atoms with Crippen LogP contribution >= 0.6 is 31.9 Å². The van der Waals surface area contributed by atoms with E-state index in [1.807, 2.05) is 24.3 Å². The number of hydrogen-bond acceptors (Lipinski definition) is 2. The Kier molecular flexibility index (Phi) is 6.73. The predicted molar refractivity (Wildman–Crippen MR) is 73.1 cm³/mol. The predicted octanol–water partition coefficient (Wildman–Crippen LogP) is 3.82. The van der Waals surface area contributed by atoms with E-state index >= 15 is 0 Å². The standard InChI is InChI=1S/C12H14Br2O2/c13-7-1-9-16-11-4-2-10(3-5-11)12(15)6-8-14/h2-5H,1,6-9H2. The lowest BCUT2D eigenvalue weighted by Crippen LogP contribution is -2.01. The molecule has 1 rings (SSSR count). The van der Waals surface area contributed by atoms with Gasteiger partial charge in [0.1, 0.15) is 5.75 Å². The number of alkyl halides is 2. The van der Waals surface area contributed by atoms with E-state index in [9.17, 15) is 4.79 Å². The van der Waals surface area contributed by atoms with Gasteiger partial charge in [-0.1, -0.05) is 31.9 Å². The number of ether oxygens (including phenoxy) is 1. The molecule has 2 nitrogen and oxygen atoms in total. The second-order valence-electron chi connectivity index (χ2n) is 3.28. The zero-order valence-electron chi connectivity index (χ0n) is 8.92. The highest BCUT2D eigenvalue weighted by atomic mass is 79.9. The molecule has 0 radical (unpaired) electrons. The molecule has 0 heterocycles. The normalized spacial score (nSPS) is 10.1. The summed E-state index contributed by atoms with van der Waals surface area (Å²) in [4.78, 5) is 11.5. The van der Waals surface area contributed by atoms with Crippen molar-refractivity contribution in [3.8, 4) is 5.75 Å². The van der Waals surface area contributed by atoms with E-state index in [1.54, 1.807) is 0 Å². The van der Waals surface area contributed by atoms with Gasteiger partial charge in [0.25, 0.3) is 0 Å². The number of Topliss-reactive ketones (excluding diaryl/α,β-unsaturated/α-hetero) is 1. The van der Waals surface area contributed by atoms with Gasteiger partial charge in [0.2, 0.25) is 0 Å². The van der Waals surface area contributed by atoms with E-state index in [0.29, 0.717) is 18.4 Å². The van der Waals surface area contributed by atoms with Crippen LogP contribution in [0.3, 0.4) is 0 Å². The van der Waals surface area contributed by atoms with Crippen molar-refractivity contribution in [2.75, 3.05) is 17.3 Å². The maximum absolute atomic E-state index is 11.5. The molecule has 0 atom stereocenters. The van der Waals surface area contributed by atoms with Crippen molar-refractivity contribution in [3.05, 3.63) is 29.8 Å². The molecule has 0 fully saturated rings. The Morgan fingerprint density at radius 3 is 2.38 bits per heavy atom. The summed E-state index contributed by atoms with van der Waals surface area (Å²) in [6.07, 6.45) is 1.51. The topological polar surface area (TPSA) is 26.3 Å². The number of rotatable bonds is 7. The number of carbonyl (C=O) groups excluding carboxylic acids is 1. The Balaban J connectivity index is 2.50. The van der Waals surface area contributed by atoms with Gasteiger partial charge in [0.05, 0.1) is 6.61 Å². The molecule has 0 aliphatic heterocycles. The Morgan fingerprint density at radius 1 is 1.12 bits per heavy atom. The van der Waals surface area contributed by atoms with Gasteiger partial charge < -0.3 is 4.74 Å². The van der Waals surface area contributed by atoms with Crippen LogP contribution < -0.4 is 4.74 Å². The third-order valence-corrected chi connectivity index (χ3v) is 3.00. The highest BCUT2D eigenvalue weighted by Crippen LogP contribution is 2.14. The van der Waals surface area contributed by atoms with Gasteiger partial charge in [-0.05, 0) is 30.7 Å². The molecule has 0 amide bonds. The molecule has 4 heteroatoms. The molecule has 16 heavy (non-hydrogen) atoms. The third kappa shape index (κ3) is 4.66. The molecule has 1 aromatic carbocycles. The van der Waals surface area contributed by atoms with Crippen molar-refractivity contribution in [2.45, 2.75) is 12.8 Å². The molecule has 1 aromatic rings. The van der Waals surface area contributed by atoms with Crippen molar-refractivity contribution < 1.29 is 9.53 Å². The zero-order chi connectivity index (χ0) is 11.8. The fourth-order valence-electron chi connectivity index (χ4n) is 1.21. The van der Waals surface area contributed by atoms with Gasteiger partial charge >= 0.3 is 0 Å². The monoisotopic (exact) mass is 348 g/mol. The van der Waals surface area contributed by atoms with Crippen LogP contribution in [0.15, 0.2) is 24.3 Å². The Bertz CT molecular complexity index is 322. The van der Waals surface area contributed by atoms with Crippen molar-refractivity contribution >= 4 is 37.6 Å². The highest BCUT2D eigenvalue weighted by molar-refractivity contribution is 9.09. The second-order valence-corrected chi connectivity index (χ2v) is 4.86. The first kappa shape index (κ1) is 13.7. The first-order valence-electron chi connectivity index (χ1n) is 5.16. The fourth-order valence-corrected chi connectivity index (χ4v) is 1.80. The SMILES string of the molecule is O=C(CCBr)c1ccc(OCCCBr)cc1. The maximum atomic E-state index is 11.5. The van der Waals surface area contributed by atoms with Crippen LogP contribution in [0.5, 0.6) is 5.75 Å². The molecule has 0 aliphatic rings. The molecule has 88 valence electrons. The summed E-state index contributed by atoms with van der Waals surface area (Å²) in [7, 11) is 0. The molecule has 0 aromatic heterocycles. The van der Waals surface area contributed by atoms with E-state index in [1.165, 1.54) is 0 Å². The van der Waals surface area contributed by atoms with E-state index < -0.39 is 0 Å². The van der Waals surface area contributed by atoms with Gasteiger partial charge in [-0.15, -0.1) is 0 Å². The lowest BCUT2D eigenvalue weighted by molar-refractivity contribution is 0.0990. The summed E-state index contributed by atoms with van der Waals surface area (Å²) < 4.78 is 5.49. The minimum Gasteiger partial charge on any atom is -0.494 e. The highest BCUT2D eigenvalue weighted by Gasteiger charge is 2.04. The summed E-state index contributed by atoms with van der Waals surface area (Å²) in [5.41, 5.74) is 0.743. The number of halogens is 2. The van der Waals surface area contributed by atoms with Crippen molar-refractivity contribution in [3.63, 3.8) is 0 Å². The quantitative estimate of drug-likeness (QED) is 0.425. The molecular weight excluding hydrogens is 336 g/mol. The van der Waals surface area contributed by atoms with Crippen molar-refractivity contribution in [1.82, 2.24) is 0 Å². The number of carbonyl (C=O) groups is 1. The van der Waals surface area contributed by atoms with Crippen LogP contribution in [0, 0.1) is 0 Å². The van der Waals surface area contributed by atoms with Gasteiger partial charge in [-0.3, -0.25) is 4.79 Å². The summed E-state index contributed by atoms with van der Waals surface area (Å²) >= 11 is 6.60. The van der Waals surface area contributed by atoms with E-state index in [-0.39, 0.29) is 5.78 Å². The van der Waals surface area contributed by atoms with Crippen LogP contribution in [0.1, 0.15) is 23.2 Å². The van der Waals surface area contributed by atoms with E-state index in [2.05, 4.69) is 31.9 Å². The fraction of sp³-hybridized carbons (Fsp3) is 0.417. The van der Waals surface area contributed by atoms with Crippen LogP contribution in [0.4, 0.5) is 0 Å². The van der Waals surface area contributed by atoms with E-state index in [4.69, 9.17) is 4.74 Å². The van der Waals surface area contributed by atoms with Crippen LogP contribution in [0.25, 0.3) is 0 Å². The number of benzene rings is 1. The van der Waals surface area contributed by atoms with Crippen LogP contribution in [-0.4, -0.2) is 23.1 Å². The Morgan fingerprint density at radius 2 is 1.81 bits per heavy atom. The van der Waals surface area contributed by atoms with Gasteiger partial charge in [-0.2, -0.15) is 0 Å². The average molecular weight is 350 g/mol. The van der Waals surface area contributed by atoms with Crippen LogP contribution in [0.2, 0.25) is 0 Å². The molecule has 0 aliphatic carbocycles. The minimum atomic E-state index is 0.156. The van der Waals surface area contributed by atoms with Crippen molar-refractivity contribution in [2.24, 2.45) is 0 Å².